The number of thiophene rings is 1. The Hall–Kier alpha value is -2.91. The van der Waals surface area contributed by atoms with Gasteiger partial charge < -0.3 is 9.72 Å². The molecule has 0 bridgehead atoms. The Morgan fingerprint density at radius 1 is 1.31 bits per heavy atom. The molecule has 0 spiro atoms. The van der Waals surface area contributed by atoms with Crippen molar-refractivity contribution in [2.75, 3.05) is 6.61 Å². The number of hydrogen-bond donors (Lipinski definition) is 1. The van der Waals surface area contributed by atoms with Crippen molar-refractivity contribution < 1.29 is 9.53 Å². The quantitative estimate of drug-likeness (QED) is 0.312. The molecule has 1 unspecified atom stereocenters. The zero-order valence-electron chi connectivity index (χ0n) is 18.6. The molecule has 0 amide bonds. The van der Waals surface area contributed by atoms with E-state index in [-0.39, 0.29) is 17.4 Å². The highest BCUT2D eigenvalue weighted by Crippen LogP contribution is 2.35. The van der Waals surface area contributed by atoms with Crippen LogP contribution in [0.25, 0.3) is 15.9 Å². The van der Waals surface area contributed by atoms with Crippen LogP contribution < -0.4 is 5.56 Å². The van der Waals surface area contributed by atoms with Gasteiger partial charge in [0.2, 0.25) is 0 Å². The van der Waals surface area contributed by atoms with Crippen LogP contribution in [-0.2, 0) is 4.74 Å². The molecule has 3 aromatic heterocycles. The van der Waals surface area contributed by atoms with Crippen molar-refractivity contribution >= 4 is 39.3 Å². The molecule has 0 saturated carbocycles. The number of benzene rings is 1. The van der Waals surface area contributed by atoms with Crippen molar-refractivity contribution in [3.8, 4) is 5.69 Å². The Bertz CT molecular complexity index is 1370. The number of nitrogens with one attached hydrogen (secondary N) is 1. The molecule has 1 aromatic carbocycles. The SMILES string of the molecule is CCOC(=O)c1sc2nc(C(C)Sc3nccn3-c3ccc(C)cc3C)[nH]c(=O)c2c1C. The minimum absolute atomic E-state index is 0.160. The molecule has 3 heterocycles. The molecule has 0 aliphatic heterocycles. The third-order valence-electron chi connectivity index (χ3n) is 5.17. The lowest BCUT2D eigenvalue weighted by Crippen LogP contribution is -2.13. The first-order valence-corrected chi connectivity index (χ1v) is 12.0. The second-order valence-electron chi connectivity index (χ2n) is 7.54. The lowest BCUT2D eigenvalue weighted by atomic mass is 10.1. The van der Waals surface area contributed by atoms with E-state index in [9.17, 15) is 9.59 Å². The number of ether oxygens (including phenoxy) is 1. The number of H-pyrrole nitrogens is 1. The lowest BCUT2D eigenvalue weighted by molar-refractivity contribution is 0.0531. The fraction of sp³-hybridized carbons (Fsp3) is 0.304. The second kappa shape index (κ2) is 8.91. The summed E-state index contributed by atoms with van der Waals surface area (Å²) in [4.78, 5) is 38.1. The zero-order valence-corrected chi connectivity index (χ0v) is 20.2. The first kappa shape index (κ1) is 22.3. The highest BCUT2D eigenvalue weighted by atomic mass is 32.2. The number of nitrogens with zero attached hydrogens (tertiary/aromatic N) is 3. The highest BCUT2D eigenvalue weighted by molar-refractivity contribution is 7.99. The molecule has 1 atom stereocenters. The molecule has 0 saturated heterocycles. The van der Waals surface area contributed by atoms with Crippen LogP contribution in [0.5, 0.6) is 0 Å². The standard InChI is InChI=1S/C23H24N4O3S2/c1-6-30-22(29)18-14(4)17-20(28)25-19(26-21(17)32-18)15(5)31-23-24-9-10-27(23)16-8-7-12(2)11-13(16)3/h7-11,15H,6H2,1-5H3,(H,25,26,28). The molecule has 9 heteroatoms. The van der Waals surface area contributed by atoms with Crippen LogP contribution in [0.3, 0.4) is 0 Å². The van der Waals surface area contributed by atoms with Crippen molar-refractivity contribution in [1.82, 2.24) is 19.5 Å². The average Bonchev–Trinajstić information content (AvgIpc) is 3.32. The van der Waals surface area contributed by atoms with Gasteiger partial charge in [-0.3, -0.25) is 9.36 Å². The molecule has 4 rings (SSSR count). The van der Waals surface area contributed by atoms with Gasteiger partial charge in [0.25, 0.3) is 5.56 Å². The van der Waals surface area contributed by atoms with Gasteiger partial charge in [0, 0.05) is 12.4 Å². The van der Waals surface area contributed by atoms with Gasteiger partial charge in [0.15, 0.2) is 5.16 Å². The number of esters is 1. The molecule has 0 aliphatic carbocycles. The van der Waals surface area contributed by atoms with Crippen LogP contribution in [0.15, 0.2) is 40.5 Å². The second-order valence-corrected chi connectivity index (χ2v) is 9.84. The largest absolute Gasteiger partial charge is 0.462 e. The van der Waals surface area contributed by atoms with E-state index in [2.05, 4.69) is 47.0 Å². The van der Waals surface area contributed by atoms with Crippen molar-refractivity contribution in [1.29, 1.82) is 0 Å². The third kappa shape index (κ3) is 4.10. The summed E-state index contributed by atoms with van der Waals surface area (Å²) < 4.78 is 7.16. The Balaban J connectivity index is 1.67. The number of hydrogen-bond acceptors (Lipinski definition) is 7. The van der Waals surface area contributed by atoms with Crippen molar-refractivity contribution in [2.45, 2.75) is 45.0 Å². The molecule has 0 aliphatic rings. The van der Waals surface area contributed by atoms with E-state index in [0.717, 1.165) is 16.4 Å². The molecular formula is C23H24N4O3S2. The van der Waals surface area contributed by atoms with Crippen molar-refractivity contribution in [3.05, 3.63) is 68.3 Å². The number of carbonyl (C=O) groups is 1. The van der Waals surface area contributed by atoms with Gasteiger partial charge in [-0.2, -0.15) is 0 Å². The Kier molecular flexibility index (Phi) is 6.21. The van der Waals surface area contributed by atoms with E-state index >= 15 is 0 Å². The summed E-state index contributed by atoms with van der Waals surface area (Å²) in [6, 6.07) is 6.30. The number of rotatable bonds is 6. The smallest absolute Gasteiger partial charge is 0.348 e. The van der Waals surface area contributed by atoms with Gasteiger partial charge >= 0.3 is 5.97 Å². The van der Waals surface area contributed by atoms with E-state index in [1.807, 2.05) is 17.7 Å². The first-order chi connectivity index (χ1) is 15.3. The Morgan fingerprint density at radius 2 is 2.09 bits per heavy atom. The van der Waals surface area contributed by atoms with Gasteiger partial charge in [-0.05, 0) is 51.8 Å². The number of aromatic nitrogens is 4. The first-order valence-electron chi connectivity index (χ1n) is 10.3. The van der Waals surface area contributed by atoms with Gasteiger partial charge in [-0.1, -0.05) is 29.5 Å². The van der Waals surface area contributed by atoms with Gasteiger partial charge in [-0.25, -0.2) is 14.8 Å². The van der Waals surface area contributed by atoms with E-state index in [4.69, 9.17) is 4.74 Å². The van der Waals surface area contributed by atoms with Crippen molar-refractivity contribution in [3.63, 3.8) is 0 Å². The monoisotopic (exact) mass is 468 g/mol. The van der Waals surface area contributed by atoms with Gasteiger partial charge in [0.05, 0.1) is 22.9 Å². The molecule has 32 heavy (non-hydrogen) atoms. The average molecular weight is 469 g/mol. The maximum Gasteiger partial charge on any atom is 0.348 e. The van der Waals surface area contributed by atoms with Crippen LogP contribution in [0.4, 0.5) is 0 Å². The third-order valence-corrected chi connectivity index (χ3v) is 7.42. The molecule has 0 radical (unpaired) electrons. The van der Waals surface area contributed by atoms with Crippen LogP contribution in [0.1, 0.15) is 51.3 Å². The van der Waals surface area contributed by atoms with E-state index < -0.39 is 5.97 Å². The maximum absolute atomic E-state index is 12.8. The summed E-state index contributed by atoms with van der Waals surface area (Å²) >= 11 is 2.71. The van der Waals surface area contributed by atoms with Crippen LogP contribution in [0, 0.1) is 20.8 Å². The number of fused-ring (bicyclic) bond motifs is 1. The summed E-state index contributed by atoms with van der Waals surface area (Å²) in [5.41, 5.74) is 3.78. The topological polar surface area (TPSA) is 89.9 Å². The highest BCUT2D eigenvalue weighted by Gasteiger charge is 2.22. The molecule has 0 fully saturated rings. The lowest BCUT2D eigenvalue weighted by Gasteiger charge is -2.14. The van der Waals surface area contributed by atoms with E-state index in [1.165, 1.54) is 28.7 Å². The summed E-state index contributed by atoms with van der Waals surface area (Å²) in [5, 5.41) is 1.09. The minimum atomic E-state index is -0.424. The predicted molar refractivity (Wildman–Crippen MR) is 128 cm³/mol. The molecule has 7 nitrogen and oxygen atoms in total. The van der Waals surface area contributed by atoms with E-state index in [0.29, 0.717) is 26.5 Å². The normalized spacial score (nSPS) is 12.3. The maximum atomic E-state index is 12.8. The van der Waals surface area contributed by atoms with E-state index in [1.54, 1.807) is 20.0 Å². The molecular weight excluding hydrogens is 444 g/mol. The van der Waals surface area contributed by atoms with Crippen LogP contribution in [-0.4, -0.2) is 32.1 Å². The summed E-state index contributed by atoms with van der Waals surface area (Å²) in [6.45, 7) is 9.91. The number of aryl methyl sites for hydroxylation is 3. The molecule has 166 valence electrons. The Morgan fingerprint density at radius 3 is 2.81 bits per heavy atom. The summed E-state index contributed by atoms with van der Waals surface area (Å²) in [5.74, 6) is 0.117. The fourth-order valence-corrected chi connectivity index (χ4v) is 5.61. The van der Waals surface area contributed by atoms with Gasteiger partial charge in [-0.15, -0.1) is 11.3 Å². The minimum Gasteiger partial charge on any atom is -0.462 e. The predicted octanol–water partition coefficient (Wildman–Crippen LogP) is 5.13. The van der Waals surface area contributed by atoms with Crippen LogP contribution >= 0.6 is 23.1 Å². The number of aromatic amines is 1. The number of thioether (sulfide) groups is 1. The summed E-state index contributed by atoms with van der Waals surface area (Å²) in [7, 11) is 0. The number of carbonyl (C=O) groups excluding carboxylic acids is 1. The van der Waals surface area contributed by atoms with Crippen molar-refractivity contribution in [2.24, 2.45) is 0 Å². The fourth-order valence-electron chi connectivity index (χ4n) is 3.59. The van der Waals surface area contributed by atoms with Gasteiger partial charge in [0.1, 0.15) is 15.5 Å². The number of imidazole rings is 1. The zero-order chi connectivity index (χ0) is 23.0. The summed E-state index contributed by atoms with van der Waals surface area (Å²) in [6.07, 6.45) is 3.70. The van der Waals surface area contributed by atoms with Crippen LogP contribution in [0.2, 0.25) is 0 Å². The molecule has 1 N–H and O–H groups in total. The molecule has 4 aromatic rings. The Labute approximate surface area is 193 Å².